The van der Waals surface area contributed by atoms with Crippen LogP contribution in [0, 0.1) is 36.5 Å². The molecule has 3 heterocycles. The highest BCUT2D eigenvalue weighted by Crippen LogP contribution is 2.41. The molecule has 5 rings (SSSR count). The number of para-hydroxylation sites is 1. The number of hydrogen-bond acceptors (Lipinski definition) is 7. The third kappa shape index (κ3) is 3.40. The second-order valence-corrected chi connectivity index (χ2v) is 15.7. The minimum absolute atomic E-state index is 0.308. The van der Waals surface area contributed by atoms with Crippen molar-refractivity contribution in [1.82, 2.24) is 15.2 Å². The molecule has 3 aromatic heterocycles. The molecule has 6 nitrogen and oxygen atoms in total. The number of furan rings is 1. The Bertz CT molecular complexity index is 1700. The van der Waals surface area contributed by atoms with Crippen LogP contribution in [0.1, 0.15) is 22.3 Å². The second-order valence-electron chi connectivity index (χ2n) is 9.37. The summed E-state index contributed by atoms with van der Waals surface area (Å²) in [5.41, 5.74) is 6.18. The predicted molar refractivity (Wildman–Crippen MR) is 138 cm³/mol. The van der Waals surface area contributed by atoms with Crippen LogP contribution in [-0.2, 0) is 0 Å². The van der Waals surface area contributed by atoms with Crippen LogP contribution in [0.5, 0.6) is 0 Å². The van der Waals surface area contributed by atoms with Crippen molar-refractivity contribution in [3.8, 4) is 34.0 Å². The van der Waals surface area contributed by atoms with E-state index >= 15 is 0 Å². The number of rotatable bonds is 3. The number of benzene rings is 2. The van der Waals surface area contributed by atoms with Crippen molar-refractivity contribution in [1.29, 1.82) is 10.5 Å². The van der Waals surface area contributed by atoms with Crippen LogP contribution in [0.4, 0.5) is 0 Å². The number of aryl methyl sites for hydroxylation is 2. The fourth-order valence-electron chi connectivity index (χ4n) is 3.95. The van der Waals surface area contributed by atoms with Gasteiger partial charge in [-0.25, -0.2) is 0 Å². The smallest absolute Gasteiger partial charge is 0.154 e. The van der Waals surface area contributed by atoms with E-state index in [2.05, 4.69) is 53.9 Å². The molecule has 5 aromatic rings. The molecule has 0 atom stereocenters. The SMILES string of the molecule is Cc1cnc(-c2cccc3c2oc2c(C#N)c(-c4nnc([Si](C)(C)C)s4)c(C#N)cc23)cc1C. The van der Waals surface area contributed by atoms with E-state index in [1.54, 1.807) is 6.07 Å². The molecule has 0 radical (unpaired) electrons. The summed E-state index contributed by atoms with van der Waals surface area (Å²) in [6.45, 7) is 10.7. The fraction of sp³-hybridized carbons (Fsp3) is 0.192. The summed E-state index contributed by atoms with van der Waals surface area (Å²) >= 11 is 1.46. The van der Waals surface area contributed by atoms with Gasteiger partial charge in [-0.2, -0.15) is 10.5 Å². The van der Waals surface area contributed by atoms with Gasteiger partial charge < -0.3 is 4.42 Å². The maximum atomic E-state index is 10.2. The zero-order valence-corrected chi connectivity index (χ0v) is 21.3. The summed E-state index contributed by atoms with van der Waals surface area (Å²) < 4.78 is 7.33. The number of pyridine rings is 1. The zero-order valence-electron chi connectivity index (χ0n) is 19.5. The van der Waals surface area contributed by atoms with Crippen molar-refractivity contribution >= 4 is 46.0 Å². The van der Waals surface area contributed by atoms with Gasteiger partial charge in [-0.05, 0) is 43.2 Å². The molecule has 0 N–H and O–H groups in total. The van der Waals surface area contributed by atoms with Crippen molar-refractivity contribution in [2.24, 2.45) is 0 Å². The molecule has 0 aliphatic carbocycles. The lowest BCUT2D eigenvalue weighted by molar-refractivity contribution is 0.668. The van der Waals surface area contributed by atoms with Gasteiger partial charge in [0.1, 0.15) is 30.3 Å². The highest BCUT2D eigenvalue weighted by molar-refractivity contribution is 7.27. The molecule has 2 aromatic carbocycles. The van der Waals surface area contributed by atoms with Gasteiger partial charge in [0.15, 0.2) is 5.58 Å². The quantitative estimate of drug-likeness (QED) is 0.291. The summed E-state index contributed by atoms with van der Waals surface area (Å²) in [6, 6.07) is 14.2. The molecule has 0 aliphatic heterocycles. The van der Waals surface area contributed by atoms with Crippen molar-refractivity contribution in [2.75, 3.05) is 0 Å². The topological polar surface area (TPSA) is 99.4 Å². The number of fused-ring (bicyclic) bond motifs is 3. The van der Waals surface area contributed by atoms with Gasteiger partial charge in [0.2, 0.25) is 0 Å². The van der Waals surface area contributed by atoms with E-state index in [1.165, 1.54) is 11.3 Å². The van der Waals surface area contributed by atoms with Crippen LogP contribution in [0.25, 0.3) is 43.8 Å². The molecule has 0 amide bonds. The van der Waals surface area contributed by atoms with Gasteiger partial charge in [0.25, 0.3) is 0 Å². The number of aromatic nitrogens is 3. The molecule has 0 saturated heterocycles. The second kappa shape index (κ2) is 7.88. The van der Waals surface area contributed by atoms with Gasteiger partial charge in [-0.1, -0.05) is 31.8 Å². The van der Waals surface area contributed by atoms with Crippen LogP contribution in [-0.4, -0.2) is 23.3 Å². The largest absolute Gasteiger partial charge is 0.454 e. The summed E-state index contributed by atoms with van der Waals surface area (Å²) in [5.74, 6) is 0. The summed E-state index contributed by atoms with van der Waals surface area (Å²) in [6.07, 6.45) is 1.85. The average Bonchev–Trinajstić information content (AvgIpc) is 3.44. The van der Waals surface area contributed by atoms with Crippen molar-refractivity contribution < 1.29 is 4.42 Å². The maximum absolute atomic E-state index is 10.2. The summed E-state index contributed by atoms with van der Waals surface area (Å²) in [7, 11) is -1.69. The average molecular weight is 480 g/mol. The predicted octanol–water partition coefficient (Wildman–Crippen LogP) is 6.07. The molecular weight excluding hydrogens is 458 g/mol. The molecule has 0 spiro atoms. The molecule has 0 bridgehead atoms. The number of nitrogens with zero attached hydrogens (tertiary/aromatic N) is 5. The van der Waals surface area contributed by atoms with E-state index < -0.39 is 8.07 Å². The normalized spacial score (nSPS) is 11.6. The lowest BCUT2D eigenvalue weighted by atomic mass is 9.98. The highest BCUT2D eigenvalue weighted by atomic mass is 32.1. The lowest BCUT2D eigenvalue weighted by Crippen LogP contribution is -2.37. The Balaban J connectivity index is 1.83. The molecule has 0 aliphatic rings. The third-order valence-corrected chi connectivity index (χ3v) is 10.2. The minimum Gasteiger partial charge on any atom is -0.454 e. The molecule has 0 unspecified atom stereocenters. The first-order chi connectivity index (χ1) is 16.2. The first-order valence-corrected chi connectivity index (χ1v) is 15.1. The van der Waals surface area contributed by atoms with Crippen molar-refractivity contribution in [3.63, 3.8) is 0 Å². The van der Waals surface area contributed by atoms with Crippen LogP contribution >= 0.6 is 11.3 Å². The Morgan fingerprint density at radius 1 is 0.941 bits per heavy atom. The maximum Gasteiger partial charge on any atom is 0.154 e. The standard InChI is InChI=1S/C26H21N5OSSi/c1-14-9-21(29-13-15(14)2)18-8-6-7-17-19-10-16(11-27)22(20(12-28)24(19)32-23(17)18)25-30-31-26(33-25)34(3,4)5/h6-10,13H,1-5H3. The molecule has 34 heavy (non-hydrogen) atoms. The van der Waals surface area contributed by atoms with Crippen molar-refractivity contribution in [3.05, 3.63) is 58.8 Å². The Morgan fingerprint density at radius 3 is 2.38 bits per heavy atom. The van der Waals surface area contributed by atoms with Gasteiger partial charge in [-0.15, -0.1) is 21.5 Å². The first kappa shape index (κ1) is 22.0. The van der Waals surface area contributed by atoms with Gasteiger partial charge in [0, 0.05) is 22.5 Å². The number of hydrogen-bond donors (Lipinski definition) is 0. The van der Waals surface area contributed by atoms with E-state index in [1.807, 2.05) is 37.4 Å². The fourth-order valence-corrected chi connectivity index (χ4v) is 6.48. The summed E-state index contributed by atoms with van der Waals surface area (Å²) in [4.78, 5) is 4.61. The Morgan fingerprint density at radius 2 is 1.74 bits per heavy atom. The molecule has 0 saturated carbocycles. The highest BCUT2D eigenvalue weighted by Gasteiger charge is 2.27. The van der Waals surface area contributed by atoms with E-state index in [4.69, 9.17) is 4.42 Å². The van der Waals surface area contributed by atoms with E-state index in [0.29, 0.717) is 32.9 Å². The molecule has 0 fully saturated rings. The van der Waals surface area contributed by atoms with E-state index in [-0.39, 0.29) is 0 Å². The van der Waals surface area contributed by atoms with E-state index in [9.17, 15) is 10.5 Å². The van der Waals surface area contributed by atoms with Crippen LogP contribution in [0.2, 0.25) is 19.6 Å². The van der Waals surface area contributed by atoms with Crippen molar-refractivity contribution in [2.45, 2.75) is 33.5 Å². The van der Waals surface area contributed by atoms with Crippen LogP contribution in [0.3, 0.4) is 0 Å². The van der Waals surface area contributed by atoms with Gasteiger partial charge in [0.05, 0.1) is 27.5 Å². The van der Waals surface area contributed by atoms with Gasteiger partial charge in [-0.3, -0.25) is 4.98 Å². The molecule has 8 heteroatoms. The third-order valence-electron chi connectivity index (χ3n) is 5.95. The zero-order chi connectivity index (χ0) is 24.2. The molecular formula is C26H21N5OSSi. The van der Waals surface area contributed by atoms with Crippen LogP contribution < -0.4 is 4.63 Å². The number of nitriles is 2. The monoisotopic (exact) mass is 479 g/mol. The Kier molecular flexibility index (Phi) is 5.09. The Labute approximate surface area is 202 Å². The summed E-state index contributed by atoms with van der Waals surface area (Å²) in [5, 5.41) is 31.1. The lowest BCUT2D eigenvalue weighted by Gasteiger charge is -2.09. The van der Waals surface area contributed by atoms with Crippen LogP contribution in [0.15, 0.2) is 40.9 Å². The first-order valence-electron chi connectivity index (χ1n) is 10.8. The Hall–Kier alpha value is -3.85. The minimum atomic E-state index is -1.69. The molecule has 166 valence electrons. The van der Waals surface area contributed by atoms with E-state index in [0.717, 1.165) is 37.8 Å². The van der Waals surface area contributed by atoms with Gasteiger partial charge >= 0.3 is 0 Å².